The average Bonchev–Trinajstić information content (AvgIpc) is 2.09. The number of carbonyl (C=O) groups is 1. The number of hydrogen-bond donors (Lipinski definition) is 0. The van der Waals surface area contributed by atoms with Crippen LogP contribution < -0.4 is 4.74 Å². The second kappa shape index (κ2) is 4.16. The van der Waals surface area contributed by atoms with Gasteiger partial charge in [0.05, 0.1) is 3.57 Å². The van der Waals surface area contributed by atoms with E-state index in [1.807, 2.05) is 0 Å². The van der Waals surface area contributed by atoms with Crippen LogP contribution in [-0.2, 0) is 4.79 Å². The van der Waals surface area contributed by atoms with Crippen LogP contribution in [0.2, 0.25) is 0 Å². The molecule has 6 heteroatoms. The van der Waals surface area contributed by atoms with Gasteiger partial charge in [-0.05, 0) is 22.6 Å². The lowest BCUT2D eigenvalue weighted by Crippen LogP contribution is -2.07. The molecule has 0 saturated carbocycles. The highest BCUT2D eigenvalue weighted by Gasteiger charge is 2.19. The van der Waals surface area contributed by atoms with Crippen LogP contribution in [-0.4, -0.2) is 5.97 Å². The van der Waals surface area contributed by atoms with Crippen LogP contribution in [0.25, 0.3) is 0 Å². The van der Waals surface area contributed by atoms with Crippen molar-refractivity contribution in [3.05, 3.63) is 27.1 Å². The van der Waals surface area contributed by atoms with Crippen molar-refractivity contribution in [2.45, 2.75) is 6.92 Å². The molecule has 0 N–H and O–H groups in total. The molecule has 0 amide bonds. The number of carbonyl (C=O) groups excluding carboxylic acids is 1. The highest BCUT2D eigenvalue weighted by molar-refractivity contribution is 14.1. The summed E-state index contributed by atoms with van der Waals surface area (Å²) in [6.07, 6.45) is 0. The molecule has 0 atom stereocenters. The van der Waals surface area contributed by atoms with Crippen LogP contribution >= 0.6 is 22.6 Å². The van der Waals surface area contributed by atoms with Gasteiger partial charge in [-0.15, -0.1) is 0 Å². The maximum atomic E-state index is 13.1. The molecular formula is C8H4F3IO2. The van der Waals surface area contributed by atoms with Crippen molar-refractivity contribution < 1.29 is 22.7 Å². The first-order chi connectivity index (χ1) is 6.43. The summed E-state index contributed by atoms with van der Waals surface area (Å²) in [4.78, 5) is 10.5. The van der Waals surface area contributed by atoms with E-state index in [9.17, 15) is 18.0 Å². The summed E-state index contributed by atoms with van der Waals surface area (Å²) in [6, 6.07) is 0.461. The number of esters is 1. The van der Waals surface area contributed by atoms with Gasteiger partial charge in [0.2, 0.25) is 5.75 Å². The maximum absolute atomic E-state index is 13.1. The molecule has 0 saturated heterocycles. The molecule has 0 fully saturated rings. The standard InChI is InChI=1S/C8H4F3IO2/c1-3(13)14-8-5(10)2-4(9)7(12)6(8)11/h2H,1H3. The summed E-state index contributed by atoms with van der Waals surface area (Å²) in [5.74, 6) is -5.22. The topological polar surface area (TPSA) is 26.3 Å². The van der Waals surface area contributed by atoms with E-state index in [-0.39, 0.29) is 0 Å². The number of benzene rings is 1. The van der Waals surface area contributed by atoms with Gasteiger partial charge in [0, 0.05) is 13.0 Å². The minimum absolute atomic E-state index is 0.416. The second-order valence-electron chi connectivity index (χ2n) is 2.39. The zero-order chi connectivity index (χ0) is 10.9. The molecule has 0 unspecified atom stereocenters. The zero-order valence-corrected chi connectivity index (χ0v) is 9.06. The number of rotatable bonds is 1. The first-order valence-corrected chi connectivity index (χ1v) is 4.52. The first-order valence-electron chi connectivity index (χ1n) is 3.45. The molecule has 0 aliphatic heterocycles. The molecule has 0 aliphatic carbocycles. The predicted molar refractivity (Wildman–Crippen MR) is 50.3 cm³/mol. The molecule has 1 aromatic carbocycles. The first kappa shape index (κ1) is 11.3. The summed E-state index contributed by atoms with van der Waals surface area (Å²) in [5.41, 5.74) is 0. The zero-order valence-electron chi connectivity index (χ0n) is 6.91. The molecule has 1 aromatic rings. The predicted octanol–water partition coefficient (Wildman–Crippen LogP) is 2.63. The molecule has 0 heterocycles. The van der Waals surface area contributed by atoms with Crippen molar-refractivity contribution >= 4 is 28.6 Å². The molecule has 0 radical (unpaired) electrons. The third-order valence-corrected chi connectivity index (χ3v) is 2.31. The van der Waals surface area contributed by atoms with E-state index in [2.05, 4.69) is 4.74 Å². The summed E-state index contributed by atoms with van der Waals surface area (Å²) in [6.45, 7) is 0.995. The molecule has 76 valence electrons. The summed E-state index contributed by atoms with van der Waals surface area (Å²) in [5, 5.41) is 0. The Labute approximate surface area is 91.2 Å². The minimum atomic E-state index is -1.24. The second-order valence-corrected chi connectivity index (χ2v) is 3.47. The third-order valence-electron chi connectivity index (χ3n) is 1.32. The molecule has 0 spiro atoms. The number of ether oxygens (including phenoxy) is 1. The Bertz CT molecular complexity index is 393. The van der Waals surface area contributed by atoms with Gasteiger partial charge in [-0.1, -0.05) is 0 Å². The monoisotopic (exact) mass is 316 g/mol. The normalized spacial score (nSPS) is 10.1. The fourth-order valence-corrected chi connectivity index (χ4v) is 1.19. The van der Waals surface area contributed by atoms with E-state index in [1.165, 1.54) is 22.6 Å². The van der Waals surface area contributed by atoms with E-state index in [1.54, 1.807) is 0 Å². The largest absolute Gasteiger partial charge is 0.420 e. The Morgan fingerprint density at radius 2 is 1.93 bits per heavy atom. The molecule has 14 heavy (non-hydrogen) atoms. The van der Waals surface area contributed by atoms with Crippen LogP contribution in [0.15, 0.2) is 6.07 Å². The Morgan fingerprint density at radius 1 is 1.36 bits per heavy atom. The van der Waals surface area contributed by atoms with Crippen LogP contribution in [0.5, 0.6) is 5.75 Å². The summed E-state index contributed by atoms with van der Waals surface area (Å²) in [7, 11) is 0. The van der Waals surface area contributed by atoms with Gasteiger partial charge in [0.15, 0.2) is 11.6 Å². The van der Waals surface area contributed by atoms with Crippen molar-refractivity contribution in [1.29, 1.82) is 0 Å². The summed E-state index contributed by atoms with van der Waals surface area (Å²) >= 11 is 1.35. The van der Waals surface area contributed by atoms with Gasteiger partial charge < -0.3 is 4.74 Å². The Balaban J connectivity index is 3.29. The van der Waals surface area contributed by atoms with E-state index in [4.69, 9.17) is 0 Å². The van der Waals surface area contributed by atoms with E-state index >= 15 is 0 Å². The minimum Gasteiger partial charge on any atom is -0.420 e. The highest BCUT2D eigenvalue weighted by atomic mass is 127. The number of hydrogen-bond acceptors (Lipinski definition) is 2. The van der Waals surface area contributed by atoms with Gasteiger partial charge in [0.25, 0.3) is 0 Å². The Hall–Kier alpha value is -0.790. The smallest absolute Gasteiger partial charge is 0.308 e. The van der Waals surface area contributed by atoms with Crippen molar-refractivity contribution in [3.8, 4) is 5.75 Å². The quantitative estimate of drug-likeness (QED) is 0.262. The van der Waals surface area contributed by atoms with E-state index in [0.29, 0.717) is 6.07 Å². The lowest BCUT2D eigenvalue weighted by Gasteiger charge is -2.06. The number of halogens is 4. The van der Waals surface area contributed by atoms with E-state index < -0.39 is 32.7 Å². The van der Waals surface area contributed by atoms with Crippen LogP contribution in [0.1, 0.15) is 6.92 Å². The van der Waals surface area contributed by atoms with Gasteiger partial charge in [-0.3, -0.25) is 4.79 Å². The summed E-state index contributed by atoms with van der Waals surface area (Å²) < 4.78 is 42.6. The lowest BCUT2D eigenvalue weighted by molar-refractivity contribution is -0.132. The maximum Gasteiger partial charge on any atom is 0.308 e. The molecule has 1 rings (SSSR count). The fraction of sp³-hybridized carbons (Fsp3) is 0.125. The molecular weight excluding hydrogens is 312 g/mol. The van der Waals surface area contributed by atoms with Crippen LogP contribution in [0.3, 0.4) is 0 Å². The SMILES string of the molecule is CC(=O)Oc1c(F)cc(F)c(I)c1F. The molecule has 0 aliphatic rings. The Kier molecular flexibility index (Phi) is 3.35. The van der Waals surface area contributed by atoms with Gasteiger partial charge in [0.1, 0.15) is 5.82 Å². The van der Waals surface area contributed by atoms with Gasteiger partial charge >= 0.3 is 5.97 Å². The fourth-order valence-electron chi connectivity index (χ4n) is 0.787. The Morgan fingerprint density at radius 3 is 2.43 bits per heavy atom. The third kappa shape index (κ3) is 2.17. The molecule has 0 bridgehead atoms. The van der Waals surface area contributed by atoms with Crippen molar-refractivity contribution in [1.82, 2.24) is 0 Å². The van der Waals surface area contributed by atoms with E-state index in [0.717, 1.165) is 6.92 Å². The average molecular weight is 316 g/mol. The van der Waals surface area contributed by atoms with Crippen molar-refractivity contribution in [2.24, 2.45) is 0 Å². The molecule has 0 aromatic heterocycles. The van der Waals surface area contributed by atoms with Gasteiger partial charge in [-0.2, -0.15) is 0 Å². The molecule has 2 nitrogen and oxygen atoms in total. The lowest BCUT2D eigenvalue weighted by atomic mass is 10.3. The van der Waals surface area contributed by atoms with Crippen LogP contribution in [0, 0.1) is 21.0 Å². The van der Waals surface area contributed by atoms with Crippen molar-refractivity contribution in [3.63, 3.8) is 0 Å². The van der Waals surface area contributed by atoms with Crippen LogP contribution in [0.4, 0.5) is 13.2 Å². The van der Waals surface area contributed by atoms with Gasteiger partial charge in [-0.25, -0.2) is 13.2 Å². The highest BCUT2D eigenvalue weighted by Crippen LogP contribution is 2.28. The van der Waals surface area contributed by atoms with Crippen molar-refractivity contribution in [2.75, 3.05) is 0 Å².